The first-order valence-corrected chi connectivity index (χ1v) is 10.1. The molecule has 0 bridgehead atoms. The van der Waals surface area contributed by atoms with Crippen molar-refractivity contribution < 1.29 is 23.9 Å². The van der Waals surface area contributed by atoms with E-state index >= 15 is 0 Å². The highest BCUT2D eigenvalue weighted by Crippen LogP contribution is 2.48. The summed E-state index contributed by atoms with van der Waals surface area (Å²) in [5.74, 6) is -1.84. The van der Waals surface area contributed by atoms with Crippen LogP contribution in [0.5, 0.6) is 5.75 Å². The monoisotopic (exact) mass is 506 g/mol. The van der Waals surface area contributed by atoms with Crippen molar-refractivity contribution in [2.45, 2.75) is 52.3 Å². The van der Waals surface area contributed by atoms with Gasteiger partial charge in [0, 0.05) is 0 Å². The van der Waals surface area contributed by atoms with Crippen LogP contribution in [0, 0.1) is 0 Å². The van der Waals surface area contributed by atoms with Crippen molar-refractivity contribution in [2.75, 3.05) is 0 Å². The SMILES string of the molecule is C[C@H](NC(=O)OC(C)(C)C)C(=O)N[C@@H](C)C(=O)Oc1c(Cl)c(Cl)c(Cl)c(Cl)c1Cl. The Hall–Kier alpha value is -1.12. The summed E-state index contributed by atoms with van der Waals surface area (Å²) < 4.78 is 10.2. The highest BCUT2D eigenvalue weighted by molar-refractivity contribution is 6.55. The number of nitrogens with one attached hydrogen (secondary N) is 2. The zero-order valence-electron chi connectivity index (χ0n) is 16.1. The number of ether oxygens (including phenoxy) is 2. The molecule has 0 unspecified atom stereocenters. The molecule has 1 aromatic carbocycles. The molecule has 0 aliphatic rings. The molecule has 12 heteroatoms. The minimum Gasteiger partial charge on any atom is -0.444 e. The number of benzene rings is 1. The molecule has 2 amide bonds. The van der Waals surface area contributed by atoms with Crippen LogP contribution >= 0.6 is 58.0 Å². The van der Waals surface area contributed by atoms with Crippen molar-refractivity contribution in [3.8, 4) is 5.75 Å². The minimum atomic E-state index is -1.12. The molecule has 0 radical (unpaired) electrons. The van der Waals surface area contributed by atoms with Crippen molar-refractivity contribution >= 4 is 76.0 Å². The highest BCUT2D eigenvalue weighted by atomic mass is 35.5. The maximum Gasteiger partial charge on any atom is 0.408 e. The van der Waals surface area contributed by atoms with Gasteiger partial charge in [-0.1, -0.05) is 58.0 Å². The van der Waals surface area contributed by atoms with Crippen LogP contribution in [0.25, 0.3) is 0 Å². The predicted molar refractivity (Wildman–Crippen MR) is 114 cm³/mol. The summed E-state index contributed by atoms with van der Waals surface area (Å²) in [4.78, 5) is 36.2. The van der Waals surface area contributed by atoms with Crippen molar-refractivity contribution in [3.05, 3.63) is 25.1 Å². The van der Waals surface area contributed by atoms with Gasteiger partial charge in [-0.25, -0.2) is 9.59 Å². The smallest absolute Gasteiger partial charge is 0.408 e. The first-order valence-electron chi connectivity index (χ1n) is 8.18. The van der Waals surface area contributed by atoms with Gasteiger partial charge in [0.15, 0.2) is 5.75 Å². The van der Waals surface area contributed by atoms with Crippen molar-refractivity contribution in [1.29, 1.82) is 0 Å². The van der Waals surface area contributed by atoms with Crippen LogP contribution in [0.2, 0.25) is 25.1 Å². The van der Waals surface area contributed by atoms with E-state index in [2.05, 4.69) is 10.6 Å². The molecule has 0 fully saturated rings. The largest absolute Gasteiger partial charge is 0.444 e. The molecule has 0 saturated carbocycles. The molecule has 2 atom stereocenters. The Morgan fingerprint density at radius 3 is 1.69 bits per heavy atom. The lowest BCUT2D eigenvalue weighted by atomic mass is 10.2. The number of halogens is 5. The third-order valence-corrected chi connectivity index (χ3v) is 5.45. The van der Waals surface area contributed by atoms with Crippen LogP contribution in [0.15, 0.2) is 0 Å². The number of rotatable bonds is 5. The van der Waals surface area contributed by atoms with Gasteiger partial charge in [0.25, 0.3) is 0 Å². The lowest BCUT2D eigenvalue weighted by Gasteiger charge is -2.22. The molecule has 1 rings (SSSR count). The van der Waals surface area contributed by atoms with E-state index in [0.29, 0.717) is 0 Å². The fraction of sp³-hybridized carbons (Fsp3) is 0.471. The van der Waals surface area contributed by atoms with Gasteiger partial charge in [-0.15, -0.1) is 0 Å². The van der Waals surface area contributed by atoms with Crippen LogP contribution in [0.1, 0.15) is 34.6 Å². The molecule has 0 aliphatic carbocycles. The highest BCUT2D eigenvalue weighted by Gasteiger charge is 2.27. The normalized spacial score (nSPS) is 13.3. The molecule has 0 saturated heterocycles. The summed E-state index contributed by atoms with van der Waals surface area (Å²) in [5, 5.41) is 3.94. The van der Waals surface area contributed by atoms with Crippen LogP contribution < -0.4 is 15.4 Å². The van der Waals surface area contributed by atoms with Crippen molar-refractivity contribution in [2.24, 2.45) is 0 Å². The Morgan fingerprint density at radius 2 is 1.24 bits per heavy atom. The van der Waals surface area contributed by atoms with Crippen LogP contribution in [-0.2, 0) is 14.3 Å². The third-order valence-electron chi connectivity index (χ3n) is 3.21. The topological polar surface area (TPSA) is 93.7 Å². The van der Waals surface area contributed by atoms with E-state index in [1.54, 1.807) is 20.8 Å². The van der Waals surface area contributed by atoms with E-state index < -0.39 is 35.7 Å². The van der Waals surface area contributed by atoms with Gasteiger partial charge in [-0.2, -0.15) is 0 Å². The molecule has 0 aliphatic heterocycles. The van der Waals surface area contributed by atoms with Crippen LogP contribution in [0.3, 0.4) is 0 Å². The molecule has 0 heterocycles. The van der Waals surface area contributed by atoms with Gasteiger partial charge in [-0.3, -0.25) is 4.79 Å². The molecule has 1 aromatic rings. The molecule has 162 valence electrons. The van der Waals surface area contributed by atoms with Crippen molar-refractivity contribution in [1.82, 2.24) is 10.6 Å². The van der Waals surface area contributed by atoms with E-state index in [1.165, 1.54) is 13.8 Å². The van der Waals surface area contributed by atoms with E-state index in [0.717, 1.165) is 0 Å². The Balaban J connectivity index is 2.79. The third kappa shape index (κ3) is 7.26. The standard InChI is InChI=1S/C17H19Cl5N2O5/c1-6(24-16(27)29-17(3,4)5)14(25)23-7(2)15(26)28-13-11(21)9(19)8(18)10(20)12(13)22/h6-7H,1-5H3,(H,23,25)(H,24,27)/t6-,7-/m0/s1. The van der Waals surface area contributed by atoms with Gasteiger partial charge in [0.2, 0.25) is 5.91 Å². The molecule has 0 spiro atoms. The second-order valence-electron chi connectivity index (χ2n) is 6.92. The summed E-state index contributed by atoms with van der Waals surface area (Å²) in [7, 11) is 0. The quantitative estimate of drug-likeness (QED) is 0.244. The summed E-state index contributed by atoms with van der Waals surface area (Å²) in [6, 6.07) is -2.10. The summed E-state index contributed by atoms with van der Waals surface area (Å²) in [5.41, 5.74) is -0.725. The Kier molecular flexibility index (Phi) is 9.17. The van der Waals surface area contributed by atoms with Gasteiger partial charge in [0.1, 0.15) is 27.7 Å². The number of amides is 2. The molecule has 0 aromatic heterocycles. The van der Waals surface area contributed by atoms with Crippen LogP contribution in [0.4, 0.5) is 4.79 Å². The lowest BCUT2D eigenvalue weighted by Crippen LogP contribution is -2.50. The van der Waals surface area contributed by atoms with Gasteiger partial charge in [-0.05, 0) is 34.6 Å². The Labute approximate surface area is 193 Å². The lowest BCUT2D eigenvalue weighted by molar-refractivity contribution is -0.139. The zero-order chi connectivity index (χ0) is 22.7. The average Bonchev–Trinajstić information content (AvgIpc) is 2.59. The maximum absolute atomic E-state index is 12.3. The predicted octanol–water partition coefficient (Wildman–Crippen LogP) is 5.28. The molecule has 7 nitrogen and oxygen atoms in total. The molecule has 2 N–H and O–H groups in total. The summed E-state index contributed by atoms with van der Waals surface area (Å²) in [6.45, 7) is 7.83. The molecular weight excluding hydrogens is 489 g/mol. The number of carbonyl (C=O) groups is 3. The zero-order valence-corrected chi connectivity index (χ0v) is 19.9. The summed E-state index contributed by atoms with van der Waals surface area (Å²) in [6.07, 6.45) is -0.778. The average molecular weight is 509 g/mol. The van der Waals surface area contributed by atoms with E-state index in [9.17, 15) is 14.4 Å². The fourth-order valence-electron chi connectivity index (χ4n) is 1.81. The second kappa shape index (κ2) is 10.3. The van der Waals surface area contributed by atoms with Gasteiger partial charge < -0.3 is 20.1 Å². The van der Waals surface area contributed by atoms with E-state index in [1.807, 2.05) is 0 Å². The Morgan fingerprint density at radius 1 is 0.793 bits per heavy atom. The maximum atomic E-state index is 12.3. The second-order valence-corrected chi connectivity index (χ2v) is 8.81. The number of carbonyl (C=O) groups excluding carboxylic acids is 3. The first kappa shape index (κ1) is 25.9. The van der Waals surface area contributed by atoms with Crippen LogP contribution in [-0.4, -0.2) is 35.7 Å². The van der Waals surface area contributed by atoms with Crippen molar-refractivity contribution in [3.63, 3.8) is 0 Å². The van der Waals surface area contributed by atoms with Gasteiger partial charge >= 0.3 is 12.1 Å². The van der Waals surface area contributed by atoms with Gasteiger partial charge in [0.05, 0.1) is 15.1 Å². The number of hydrogen-bond acceptors (Lipinski definition) is 5. The number of hydrogen-bond donors (Lipinski definition) is 2. The van der Waals surface area contributed by atoms with E-state index in [-0.39, 0.29) is 30.9 Å². The number of alkyl carbamates (subject to hydrolysis) is 1. The fourth-order valence-corrected chi connectivity index (χ4v) is 3.01. The molecular formula is C17H19Cl5N2O5. The minimum absolute atomic E-state index is 0.0912. The Bertz CT molecular complexity index is 796. The summed E-state index contributed by atoms with van der Waals surface area (Å²) >= 11 is 29.7. The van der Waals surface area contributed by atoms with E-state index in [4.69, 9.17) is 67.5 Å². The number of esters is 1. The molecule has 29 heavy (non-hydrogen) atoms. The first-order chi connectivity index (χ1) is 13.2.